The Morgan fingerprint density at radius 3 is 2.75 bits per heavy atom. The van der Waals surface area contributed by atoms with Gasteiger partial charge in [-0.15, -0.1) is 0 Å². The summed E-state index contributed by atoms with van der Waals surface area (Å²) in [5, 5.41) is 11.0. The smallest absolute Gasteiger partial charge is 0.394 e. The second-order valence-electron chi connectivity index (χ2n) is 5.08. The van der Waals surface area contributed by atoms with Gasteiger partial charge in [-0.2, -0.15) is 0 Å². The molecule has 2 N–H and O–H groups in total. The van der Waals surface area contributed by atoms with Crippen LogP contribution in [0.5, 0.6) is 0 Å². The summed E-state index contributed by atoms with van der Waals surface area (Å²) >= 11 is 0. The number of carbonyl (C=O) groups excluding carboxylic acids is 1. The topological polar surface area (TPSA) is 69.6 Å². The van der Waals surface area contributed by atoms with Crippen LogP contribution in [0, 0.1) is 0 Å². The lowest BCUT2D eigenvalue weighted by atomic mass is 10.1. The molecular weight excluding hydrogens is 256 g/mol. The fourth-order valence-electron chi connectivity index (χ4n) is 2.62. The standard InChI is InChI=1S/C15H20N2O3/c18-14(15(19)20)16-11-13-7-4-9-17(13)10-8-12-5-2-1-3-6-12/h1-3,5-6,13H,4,7-11H2,(H,16,18)(H,19,20). The number of nitrogens with zero attached hydrogens (tertiary/aromatic N) is 1. The van der Waals surface area contributed by atoms with Crippen molar-refractivity contribution in [2.24, 2.45) is 0 Å². The van der Waals surface area contributed by atoms with Crippen LogP contribution < -0.4 is 5.32 Å². The molecule has 0 spiro atoms. The number of benzene rings is 1. The van der Waals surface area contributed by atoms with E-state index >= 15 is 0 Å². The lowest BCUT2D eigenvalue weighted by molar-refractivity contribution is -0.150. The summed E-state index contributed by atoms with van der Waals surface area (Å²) in [6, 6.07) is 10.5. The number of carbonyl (C=O) groups is 2. The van der Waals surface area contributed by atoms with Gasteiger partial charge >= 0.3 is 11.9 Å². The van der Waals surface area contributed by atoms with Gasteiger partial charge in [0.05, 0.1) is 0 Å². The third-order valence-corrected chi connectivity index (χ3v) is 3.72. The highest BCUT2D eigenvalue weighted by molar-refractivity contribution is 6.31. The number of carboxylic acids is 1. The highest BCUT2D eigenvalue weighted by Gasteiger charge is 2.25. The third kappa shape index (κ3) is 4.06. The summed E-state index contributed by atoms with van der Waals surface area (Å²) in [6.45, 7) is 2.37. The predicted molar refractivity (Wildman–Crippen MR) is 75.4 cm³/mol. The van der Waals surface area contributed by atoms with Crippen LogP contribution in [0.25, 0.3) is 0 Å². The normalized spacial score (nSPS) is 18.9. The monoisotopic (exact) mass is 276 g/mol. The molecule has 0 bridgehead atoms. The Kier molecular flexibility index (Phi) is 5.12. The fourth-order valence-corrected chi connectivity index (χ4v) is 2.62. The molecule has 2 rings (SSSR count). The molecule has 1 aliphatic heterocycles. The number of hydrogen-bond acceptors (Lipinski definition) is 3. The summed E-state index contributed by atoms with van der Waals surface area (Å²) in [6.07, 6.45) is 3.08. The number of hydrogen-bond donors (Lipinski definition) is 2. The predicted octanol–water partition coefficient (Wildman–Crippen LogP) is 0.894. The zero-order chi connectivity index (χ0) is 14.4. The quantitative estimate of drug-likeness (QED) is 0.784. The SMILES string of the molecule is O=C(O)C(=O)NCC1CCCN1CCc1ccccc1. The van der Waals surface area contributed by atoms with E-state index in [0.717, 1.165) is 32.4 Å². The van der Waals surface area contributed by atoms with E-state index in [2.05, 4.69) is 22.3 Å². The van der Waals surface area contributed by atoms with Crippen molar-refractivity contribution < 1.29 is 14.7 Å². The van der Waals surface area contributed by atoms with Crippen LogP contribution in [0.2, 0.25) is 0 Å². The van der Waals surface area contributed by atoms with Gasteiger partial charge in [0, 0.05) is 19.1 Å². The summed E-state index contributed by atoms with van der Waals surface area (Å²) in [5.41, 5.74) is 1.30. The molecule has 0 aliphatic carbocycles. The van der Waals surface area contributed by atoms with E-state index in [-0.39, 0.29) is 6.04 Å². The molecule has 5 heteroatoms. The van der Waals surface area contributed by atoms with E-state index in [9.17, 15) is 9.59 Å². The molecule has 0 radical (unpaired) electrons. The van der Waals surface area contributed by atoms with E-state index in [1.54, 1.807) is 0 Å². The molecule has 1 amide bonds. The number of likely N-dealkylation sites (tertiary alicyclic amines) is 1. The van der Waals surface area contributed by atoms with Crippen molar-refractivity contribution in [1.29, 1.82) is 0 Å². The highest BCUT2D eigenvalue weighted by atomic mass is 16.4. The van der Waals surface area contributed by atoms with E-state index in [1.165, 1.54) is 5.56 Å². The fraction of sp³-hybridized carbons (Fsp3) is 0.467. The van der Waals surface area contributed by atoms with Gasteiger partial charge < -0.3 is 10.4 Å². The second kappa shape index (κ2) is 7.05. The van der Waals surface area contributed by atoms with E-state index in [1.807, 2.05) is 18.2 Å². The Morgan fingerprint density at radius 1 is 1.30 bits per heavy atom. The molecule has 20 heavy (non-hydrogen) atoms. The van der Waals surface area contributed by atoms with Gasteiger partial charge in [0.2, 0.25) is 0 Å². The minimum atomic E-state index is -1.42. The summed E-state index contributed by atoms with van der Waals surface area (Å²) < 4.78 is 0. The van der Waals surface area contributed by atoms with Crippen LogP contribution in [-0.4, -0.2) is 47.6 Å². The first-order valence-electron chi connectivity index (χ1n) is 6.96. The molecule has 1 aromatic carbocycles. The van der Waals surface area contributed by atoms with Crippen LogP contribution >= 0.6 is 0 Å². The molecule has 5 nitrogen and oxygen atoms in total. The Morgan fingerprint density at radius 2 is 2.05 bits per heavy atom. The van der Waals surface area contributed by atoms with Gasteiger partial charge in [0.25, 0.3) is 0 Å². The van der Waals surface area contributed by atoms with Crippen LogP contribution in [0.1, 0.15) is 18.4 Å². The zero-order valence-corrected chi connectivity index (χ0v) is 11.4. The maximum atomic E-state index is 11.1. The van der Waals surface area contributed by atoms with Crippen molar-refractivity contribution in [1.82, 2.24) is 10.2 Å². The molecule has 1 atom stereocenters. The number of carboxylic acid groups (broad SMARTS) is 1. The van der Waals surface area contributed by atoms with Crippen molar-refractivity contribution in [3.05, 3.63) is 35.9 Å². The van der Waals surface area contributed by atoms with Gasteiger partial charge in [0.1, 0.15) is 0 Å². The summed E-state index contributed by atoms with van der Waals surface area (Å²) in [7, 11) is 0. The Labute approximate surface area is 118 Å². The lowest BCUT2D eigenvalue weighted by Crippen LogP contribution is -2.42. The van der Waals surface area contributed by atoms with E-state index in [4.69, 9.17) is 5.11 Å². The molecule has 1 saturated heterocycles. The molecule has 108 valence electrons. The first-order valence-corrected chi connectivity index (χ1v) is 6.96. The molecule has 1 heterocycles. The maximum absolute atomic E-state index is 11.1. The minimum Gasteiger partial charge on any atom is -0.474 e. The number of rotatable bonds is 5. The first kappa shape index (κ1) is 14.5. The van der Waals surface area contributed by atoms with E-state index in [0.29, 0.717) is 6.54 Å². The van der Waals surface area contributed by atoms with E-state index < -0.39 is 11.9 Å². The molecule has 1 fully saturated rings. The average Bonchev–Trinajstić information content (AvgIpc) is 2.91. The number of amides is 1. The highest BCUT2D eigenvalue weighted by Crippen LogP contribution is 2.17. The molecule has 1 unspecified atom stereocenters. The Balaban J connectivity index is 1.79. The molecule has 1 aromatic rings. The van der Waals surface area contributed by atoms with Crippen LogP contribution in [0.15, 0.2) is 30.3 Å². The second-order valence-corrected chi connectivity index (χ2v) is 5.08. The Hall–Kier alpha value is -1.88. The largest absolute Gasteiger partial charge is 0.474 e. The summed E-state index contributed by atoms with van der Waals surface area (Å²) in [5.74, 6) is -2.33. The summed E-state index contributed by atoms with van der Waals surface area (Å²) in [4.78, 5) is 23.9. The van der Waals surface area contributed by atoms with Gasteiger partial charge in [-0.3, -0.25) is 9.69 Å². The molecular formula is C15H20N2O3. The van der Waals surface area contributed by atoms with Crippen LogP contribution in [0.3, 0.4) is 0 Å². The number of nitrogens with one attached hydrogen (secondary N) is 1. The maximum Gasteiger partial charge on any atom is 0.394 e. The Bertz CT molecular complexity index is 461. The lowest BCUT2D eigenvalue weighted by Gasteiger charge is -2.24. The minimum absolute atomic E-state index is 0.252. The molecule has 0 aromatic heterocycles. The van der Waals surface area contributed by atoms with Gasteiger partial charge in [-0.1, -0.05) is 30.3 Å². The average molecular weight is 276 g/mol. The van der Waals surface area contributed by atoms with Crippen LogP contribution in [0.4, 0.5) is 0 Å². The van der Waals surface area contributed by atoms with Crippen molar-refractivity contribution in [2.75, 3.05) is 19.6 Å². The number of aliphatic carboxylic acids is 1. The third-order valence-electron chi connectivity index (χ3n) is 3.72. The van der Waals surface area contributed by atoms with Gasteiger partial charge in [-0.05, 0) is 31.4 Å². The molecule has 0 saturated carbocycles. The van der Waals surface area contributed by atoms with Crippen molar-refractivity contribution in [3.63, 3.8) is 0 Å². The van der Waals surface area contributed by atoms with Gasteiger partial charge in [0.15, 0.2) is 0 Å². The zero-order valence-electron chi connectivity index (χ0n) is 11.4. The van der Waals surface area contributed by atoms with Crippen molar-refractivity contribution >= 4 is 11.9 Å². The van der Waals surface area contributed by atoms with Gasteiger partial charge in [-0.25, -0.2) is 4.79 Å². The first-order chi connectivity index (χ1) is 9.66. The molecule has 1 aliphatic rings. The van der Waals surface area contributed by atoms with Crippen molar-refractivity contribution in [3.8, 4) is 0 Å². The van der Waals surface area contributed by atoms with Crippen molar-refractivity contribution in [2.45, 2.75) is 25.3 Å². The van der Waals surface area contributed by atoms with Crippen LogP contribution in [-0.2, 0) is 16.0 Å².